The van der Waals surface area contributed by atoms with Crippen LogP contribution in [-0.2, 0) is 19.4 Å². The van der Waals surface area contributed by atoms with Gasteiger partial charge < -0.3 is 5.32 Å². The molecule has 32 heavy (non-hydrogen) atoms. The summed E-state index contributed by atoms with van der Waals surface area (Å²) >= 11 is 6.01. The minimum absolute atomic E-state index is 0.0966. The number of aromatic nitrogens is 3. The van der Waals surface area contributed by atoms with Crippen molar-refractivity contribution in [3.8, 4) is 17.3 Å². The highest BCUT2D eigenvalue weighted by Gasteiger charge is 2.42. The van der Waals surface area contributed by atoms with Crippen LogP contribution in [0.15, 0.2) is 36.5 Å². The lowest BCUT2D eigenvalue weighted by atomic mass is 10.0. The van der Waals surface area contributed by atoms with Crippen molar-refractivity contribution in [1.29, 1.82) is 5.26 Å². The SMILES string of the molecule is Cn1nc(-c2ccc(C#N)cc2Cl)c(C(F)(F)F)c1C(=O)Nc1ccnc(C(F)(F)F)c1. The molecule has 0 spiro atoms. The normalized spacial score (nSPS) is 11.8. The van der Waals surface area contributed by atoms with Gasteiger partial charge in [0.2, 0.25) is 0 Å². The molecule has 3 rings (SSSR count). The zero-order valence-corrected chi connectivity index (χ0v) is 16.6. The molecule has 1 aromatic carbocycles. The number of benzene rings is 1. The number of aryl methyl sites for hydroxylation is 1. The average Bonchev–Trinajstić information content (AvgIpc) is 3.04. The molecule has 0 aliphatic heterocycles. The molecule has 0 aliphatic rings. The van der Waals surface area contributed by atoms with Gasteiger partial charge in [-0.05, 0) is 30.3 Å². The van der Waals surface area contributed by atoms with E-state index in [9.17, 15) is 31.1 Å². The summed E-state index contributed by atoms with van der Waals surface area (Å²) in [5.41, 5.74) is -4.89. The Kier molecular flexibility index (Phi) is 5.88. The van der Waals surface area contributed by atoms with E-state index in [0.29, 0.717) is 10.7 Å². The number of carbonyl (C=O) groups is 1. The van der Waals surface area contributed by atoms with Crippen LogP contribution >= 0.6 is 11.6 Å². The number of halogens is 7. The van der Waals surface area contributed by atoms with Crippen molar-refractivity contribution in [2.75, 3.05) is 5.32 Å². The smallest absolute Gasteiger partial charge is 0.321 e. The summed E-state index contributed by atoms with van der Waals surface area (Å²) in [6.07, 6.45) is -9.12. The minimum Gasteiger partial charge on any atom is -0.321 e. The lowest BCUT2D eigenvalue weighted by molar-refractivity contribution is -0.141. The second-order valence-corrected chi connectivity index (χ2v) is 6.79. The predicted octanol–water partition coefficient (Wildman–Crippen LogP) is 5.30. The Bertz CT molecular complexity index is 1240. The molecule has 0 atom stereocenters. The Morgan fingerprint density at radius 1 is 1.12 bits per heavy atom. The largest absolute Gasteiger partial charge is 0.433 e. The number of nitrogens with one attached hydrogen (secondary N) is 1. The van der Waals surface area contributed by atoms with Gasteiger partial charge in [-0.3, -0.25) is 14.5 Å². The number of hydrogen-bond acceptors (Lipinski definition) is 4. The fourth-order valence-electron chi connectivity index (χ4n) is 2.87. The predicted molar refractivity (Wildman–Crippen MR) is 101 cm³/mol. The lowest BCUT2D eigenvalue weighted by Crippen LogP contribution is -2.21. The van der Waals surface area contributed by atoms with Gasteiger partial charge in [-0.25, -0.2) is 0 Å². The molecule has 166 valence electrons. The zero-order valence-electron chi connectivity index (χ0n) is 15.8. The molecule has 1 N–H and O–H groups in total. The van der Waals surface area contributed by atoms with E-state index >= 15 is 0 Å². The van der Waals surface area contributed by atoms with Gasteiger partial charge in [0.05, 0.1) is 16.7 Å². The molecule has 6 nitrogen and oxygen atoms in total. The van der Waals surface area contributed by atoms with E-state index in [2.05, 4.69) is 10.1 Å². The first-order valence-electron chi connectivity index (χ1n) is 8.51. The van der Waals surface area contributed by atoms with Crippen LogP contribution in [0.5, 0.6) is 0 Å². The van der Waals surface area contributed by atoms with E-state index < -0.39 is 46.6 Å². The molecule has 2 heterocycles. The number of anilines is 1. The molecule has 0 radical (unpaired) electrons. The first kappa shape index (κ1) is 23.1. The highest BCUT2D eigenvalue weighted by Crippen LogP contribution is 2.41. The first-order chi connectivity index (χ1) is 14.8. The van der Waals surface area contributed by atoms with Crippen LogP contribution in [0.25, 0.3) is 11.3 Å². The van der Waals surface area contributed by atoms with E-state index in [0.717, 1.165) is 31.4 Å². The van der Waals surface area contributed by atoms with Crippen molar-refractivity contribution < 1.29 is 31.1 Å². The fourth-order valence-corrected chi connectivity index (χ4v) is 3.14. The Labute approximate surface area is 181 Å². The molecule has 0 unspecified atom stereocenters. The standard InChI is InChI=1S/C19H10ClF6N5O/c1-31-16(17(32)29-10-4-5-28-13(7-10)18(21,22)23)14(19(24,25)26)15(30-31)11-3-2-9(8-27)6-12(11)20/h2-7H,1H3,(H,28,29,32). The summed E-state index contributed by atoms with van der Waals surface area (Å²) in [7, 11) is 1.07. The highest BCUT2D eigenvalue weighted by molar-refractivity contribution is 6.33. The van der Waals surface area contributed by atoms with Gasteiger partial charge in [0.15, 0.2) is 0 Å². The Hall–Kier alpha value is -3.59. The van der Waals surface area contributed by atoms with Crippen LogP contribution in [0.3, 0.4) is 0 Å². The van der Waals surface area contributed by atoms with Crippen LogP contribution in [0, 0.1) is 11.3 Å². The van der Waals surface area contributed by atoms with Crippen molar-refractivity contribution in [2.45, 2.75) is 12.4 Å². The minimum atomic E-state index is -5.07. The van der Waals surface area contributed by atoms with Crippen molar-refractivity contribution >= 4 is 23.2 Å². The molecule has 13 heteroatoms. The number of pyridine rings is 1. The Morgan fingerprint density at radius 3 is 2.38 bits per heavy atom. The van der Waals surface area contributed by atoms with Gasteiger partial charge in [0, 0.05) is 24.5 Å². The monoisotopic (exact) mass is 473 g/mol. The van der Waals surface area contributed by atoms with Gasteiger partial charge in [0.1, 0.15) is 22.6 Å². The summed E-state index contributed by atoms with van der Waals surface area (Å²) in [5.74, 6) is -1.34. The topological polar surface area (TPSA) is 83.6 Å². The molecule has 0 saturated heterocycles. The van der Waals surface area contributed by atoms with Gasteiger partial charge in [-0.15, -0.1) is 0 Å². The molecule has 1 amide bonds. The summed E-state index contributed by atoms with van der Waals surface area (Å²) in [6.45, 7) is 0. The second-order valence-electron chi connectivity index (χ2n) is 6.38. The fraction of sp³-hybridized carbons (Fsp3) is 0.158. The van der Waals surface area contributed by atoms with Crippen LogP contribution in [0.4, 0.5) is 32.0 Å². The van der Waals surface area contributed by atoms with Gasteiger partial charge in [-0.1, -0.05) is 11.6 Å². The highest BCUT2D eigenvalue weighted by atomic mass is 35.5. The van der Waals surface area contributed by atoms with E-state index in [4.69, 9.17) is 16.9 Å². The Morgan fingerprint density at radius 2 is 1.81 bits per heavy atom. The molecule has 0 fully saturated rings. The summed E-state index contributed by atoms with van der Waals surface area (Å²) in [4.78, 5) is 15.8. The van der Waals surface area contributed by atoms with E-state index in [-0.39, 0.29) is 16.1 Å². The van der Waals surface area contributed by atoms with Crippen molar-refractivity contribution in [3.05, 3.63) is 64.1 Å². The van der Waals surface area contributed by atoms with E-state index in [1.165, 1.54) is 6.07 Å². The molecular formula is C19H10ClF6N5O. The van der Waals surface area contributed by atoms with Gasteiger partial charge in [-0.2, -0.15) is 36.7 Å². The summed E-state index contributed by atoms with van der Waals surface area (Å²) in [6, 6.07) is 6.79. The molecule has 0 bridgehead atoms. The molecular weight excluding hydrogens is 464 g/mol. The van der Waals surface area contributed by atoms with Crippen molar-refractivity contribution in [3.63, 3.8) is 0 Å². The second kappa shape index (κ2) is 8.16. The zero-order chi connectivity index (χ0) is 23.8. The Balaban J connectivity index is 2.10. The quantitative estimate of drug-likeness (QED) is 0.523. The summed E-state index contributed by atoms with van der Waals surface area (Å²) < 4.78 is 80.9. The maximum Gasteiger partial charge on any atom is 0.433 e. The maximum atomic E-state index is 13.9. The average molecular weight is 474 g/mol. The lowest BCUT2D eigenvalue weighted by Gasteiger charge is -2.12. The molecule has 0 aliphatic carbocycles. The molecule has 3 aromatic rings. The molecule has 0 saturated carbocycles. The number of hydrogen-bond donors (Lipinski definition) is 1. The van der Waals surface area contributed by atoms with Crippen LogP contribution in [0.1, 0.15) is 27.3 Å². The van der Waals surface area contributed by atoms with E-state index in [1.807, 2.05) is 5.32 Å². The van der Waals surface area contributed by atoms with Crippen molar-refractivity contribution in [2.24, 2.45) is 7.05 Å². The van der Waals surface area contributed by atoms with Crippen LogP contribution in [0.2, 0.25) is 5.02 Å². The summed E-state index contributed by atoms with van der Waals surface area (Å²) in [5, 5.41) is 14.5. The maximum absolute atomic E-state index is 13.9. The number of rotatable bonds is 3. The number of carbonyl (C=O) groups excluding carboxylic acids is 1. The van der Waals surface area contributed by atoms with Crippen molar-refractivity contribution in [1.82, 2.24) is 14.8 Å². The number of nitriles is 1. The number of nitrogens with zero attached hydrogens (tertiary/aromatic N) is 4. The van der Waals surface area contributed by atoms with Crippen LogP contribution < -0.4 is 5.32 Å². The third-order valence-electron chi connectivity index (χ3n) is 4.21. The first-order valence-corrected chi connectivity index (χ1v) is 8.89. The number of alkyl halides is 6. The third kappa shape index (κ3) is 4.52. The van der Waals surface area contributed by atoms with Gasteiger partial charge in [0.25, 0.3) is 5.91 Å². The third-order valence-corrected chi connectivity index (χ3v) is 4.52. The van der Waals surface area contributed by atoms with Gasteiger partial charge >= 0.3 is 12.4 Å². The number of amides is 1. The molecule has 2 aromatic heterocycles. The van der Waals surface area contributed by atoms with E-state index in [1.54, 1.807) is 6.07 Å². The van der Waals surface area contributed by atoms with Crippen LogP contribution in [-0.4, -0.2) is 20.7 Å².